The Labute approximate surface area is 135 Å². The molecule has 0 radical (unpaired) electrons. The van der Waals surface area contributed by atoms with Crippen LogP contribution in [0.15, 0.2) is 42.5 Å². The van der Waals surface area contributed by atoms with Gasteiger partial charge in [0.05, 0.1) is 12.2 Å². The van der Waals surface area contributed by atoms with Crippen LogP contribution in [-0.2, 0) is 6.54 Å². The van der Waals surface area contributed by atoms with Crippen molar-refractivity contribution in [1.82, 2.24) is 4.90 Å². The predicted molar refractivity (Wildman–Crippen MR) is 90.9 cm³/mol. The highest BCUT2D eigenvalue weighted by Gasteiger charge is 2.29. The lowest BCUT2D eigenvalue weighted by molar-refractivity contribution is -0.0255. The topological polar surface area (TPSA) is 43.7 Å². The van der Waals surface area contributed by atoms with Crippen LogP contribution in [0.4, 0.5) is 0 Å². The fourth-order valence-corrected chi connectivity index (χ4v) is 4.05. The summed E-state index contributed by atoms with van der Waals surface area (Å²) in [5, 5.41) is 19.5. The molecular formula is C18H23NO2S. The van der Waals surface area contributed by atoms with E-state index in [2.05, 4.69) is 41.3 Å². The van der Waals surface area contributed by atoms with Gasteiger partial charge >= 0.3 is 0 Å². The molecule has 3 nitrogen and oxygen atoms in total. The van der Waals surface area contributed by atoms with E-state index < -0.39 is 5.60 Å². The van der Waals surface area contributed by atoms with Crippen molar-refractivity contribution < 1.29 is 10.2 Å². The van der Waals surface area contributed by atoms with Crippen LogP contribution in [0.1, 0.15) is 24.1 Å². The second-order valence-corrected chi connectivity index (χ2v) is 7.31. The fraction of sp³-hybridized carbons (Fsp3) is 0.444. The third-order valence-electron chi connectivity index (χ3n) is 4.40. The Bertz CT molecular complexity index is 598. The van der Waals surface area contributed by atoms with Crippen molar-refractivity contribution in [3.63, 3.8) is 0 Å². The fourth-order valence-electron chi connectivity index (χ4n) is 2.99. The summed E-state index contributed by atoms with van der Waals surface area (Å²) in [5.74, 6) is 0. The van der Waals surface area contributed by atoms with E-state index in [9.17, 15) is 10.2 Å². The first-order chi connectivity index (χ1) is 10.7. The maximum atomic E-state index is 10.2. The molecule has 2 heterocycles. The summed E-state index contributed by atoms with van der Waals surface area (Å²) in [6.45, 7) is 2.63. The van der Waals surface area contributed by atoms with Gasteiger partial charge in [-0.1, -0.05) is 30.3 Å². The van der Waals surface area contributed by atoms with Gasteiger partial charge in [-0.05, 0) is 43.5 Å². The molecule has 0 aliphatic carbocycles. The molecule has 1 saturated heterocycles. The minimum absolute atomic E-state index is 0.127. The summed E-state index contributed by atoms with van der Waals surface area (Å²) >= 11 is 1.84. The van der Waals surface area contributed by atoms with Gasteiger partial charge in [-0.15, -0.1) is 11.3 Å². The summed E-state index contributed by atoms with van der Waals surface area (Å²) < 4.78 is 0. The standard InChI is InChI=1S/C18H23NO2S/c20-14-18(21)9-4-11-19(12-10-18)13-16-7-8-17(22-16)15-5-2-1-3-6-15/h1-3,5-8,20-21H,4,9-14H2. The Morgan fingerprint density at radius 1 is 1.05 bits per heavy atom. The Kier molecular flexibility index (Phi) is 4.93. The Hall–Kier alpha value is -1.20. The van der Waals surface area contributed by atoms with E-state index in [0.717, 1.165) is 26.1 Å². The van der Waals surface area contributed by atoms with Crippen molar-refractivity contribution in [2.45, 2.75) is 31.4 Å². The molecule has 1 aliphatic rings. The summed E-state index contributed by atoms with van der Waals surface area (Å²) in [5.41, 5.74) is 0.392. The second kappa shape index (κ2) is 6.92. The average molecular weight is 317 g/mol. The molecule has 1 unspecified atom stereocenters. The molecule has 1 aliphatic heterocycles. The SMILES string of the molecule is OCC1(O)CCCN(Cc2ccc(-c3ccccc3)s2)CC1. The van der Waals surface area contributed by atoms with Gasteiger partial charge in [-0.25, -0.2) is 0 Å². The van der Waals surface area contributed by atoms with E-state index >= 15 is 0 Å². The van der Waals surface area contributed by atoms with E-state index in [-0.39, 0.29) is 6.61 Å². The molecule has 1 fully saturated rings. The molecule has 0 saturated carbocycles. The van der Waals surface area contributed by atoms with Gasteiger partial charge in [-0.2, -0.15) is 0 Å². The molecule has 0 amide bonds. The lowest BCUT2D eigenvalue weighted by Crippen LogP contribution is -2.34. The van der Waals surface area contributed by atoms with Crippen LogP contribution >= 0.6 is 11.3 Å². The van der Waals surface area contributed by atoms with E-state index in [4.69, 9.17) is 0 Å². The van der Waals surface area contributed by atoms with Crippen LogP contribution in [0, 0.1) is 0 Å². The van der Waals surface area contributed by atoms with Crippen molar-refractivity contribution in [3.05, 3.63) is 47.3 Å². The zero-order valence-electron chi connectivity index (χ0n) is 12.7. The number of likely N-dealkylation sites (tertiary alicyclic amines) is 1. The van der Waals surface area contributed by atoms with Crippen molar-refractivity contribution in [3.8, 4) is 10.4 Å². The van der Waals surface area contributed by atoms with Crippen LogP contribution in [-0.4, -0.2) is 40.4 Å². The molecule has 3 rings (SSSR count). The van der Waals surface area contributed by atoms with Crippen LogP contribution in [0.25, 0.3) is 10.4 Å². The summed E-state index contributed by atoms with van der Waals surface area (Å²) in [7, 11) is 0. The van der Waals surface area contributed by atoms with Crippen molar-refractivity contribution >= 4 is 11.3 Å². The average Bonchev–Trinajstić information content (AvgIpc) is 2.93. The summed E-state index contributed by atoms with van der Waals surface area (Å²) in [6.07, 6.45) is 2.29. The van der Waals surface area contributed by atoms with Crippen molar-refractivity contribution in [2.24, 2.45) is 0 Å². The Morgan fingerprint density at radius 2 is 1.86 bits per heavy atom. The quantitative estimate of drug-likeness (QED) is 0.910. The van der Waals surface area contributed by atoms with Gasteiger partial charge < -0.3 is 10.2 Å². The molecule has 118 valence electrons. The zero-order chi connectivity index (χ0) is 15.4. The predicted octanol–water partition coefficient (Wildman–Crippen LogP) is 3.12. The van der Waals surface area contributed by atoms with E-state index in [1.54, 1.807) is 0 Å². The van der Waals surface area contributed by atoms with Gasteiger partial charge in [0.1, 0.15) is 0 Å². The monoisotopic (exact) mass is 317 g/mol. The summed E-state index contributed by atoms with van der Waals surface area (Å²) in [6, 6.07) is 14.9. The van der Waals surface area contributed by atoms with Gasteiger partial charge in [0, 0.05) is 22.8 Å². The van der Waals surface area contributed by atoms with E-state index in [1.165, 1.54) is 15.3 Å². The number of benzene rings is 1. The first-order valence-corrected chi connectivity index (χ1v) is 8.70. The number of nitrogens with zero attached hydrogens (tertiary/aromatic N) is 1. The lowest BCUT2D eigenvalue weighted by Gasteiger charge is -2.24. The van der Waals surface area contributed by atoms with Gasteiger partial charge in [-0.3, -0.25) is 4.90 Å². The molecule has 2 N–H and O–H groups in total. The number of rotatable bonds is 4. The molecule has 0 bridgehead atoms. The number of aliphatic hydroxyl groups excluding tert-OH is 1. The molecule has 22 heavy (non-hydrogen) atoms. The van der Waals surface area contributed by atoms with Gasteiger partial charge in [0.15, 0.2) is 0 Å². The van der Waals surface area contributed by atoms with Crippen LogP contribution in [0.2, 0.25) is 0 Å². The largest absolute Gasteiger partial charge is 0.393 e. The van der Waals surface area contributed by atoms with Crippen LogP contribution in [0.5, 0.6) is 0 Å². The van der Waals surface area contributed by atoms with E-state index in [1.807, 2.05) is 17.4 Å². The Morgan fingerprint density at radius 3 is 2.64 bits per heavy atom. The second-order valence-electron chi connectivity index (χ2n) is 6.14. The van der Waals surface area contributed by atoms with Gasteiger partial charge in [0.25, 0.3) is 0 Å². The third-order valence-corrected chi connectivity index (χ3v) is 5.52. The number of thiophene rings is 1. The van der Waals surface area contributed by atoms with Crippen LogP contribution < -0.4 is 0 Å². The number of aliphatic hydroxyl groups is 2. The Balaban J connectivity index is 1.63. The minimum atomic E-state index is -0.876. The lowest BCUT2D eigenvalue weighted by atomic mass is 9.96. The van der Waals surface area contributed by atoms with E-state index in [0.29, 0.717) is 12.8 Å². The van der Waals surface area contributed by atoms with Gasteiger partial charge in [0.2, 0.25) is 0 Å². The first-order valence-electron chi connectivity index (χ1n) is 7.88. The molecule has 1 aromatic heterocycles. The maximum Gasteiger partial charge on any atom is 0.0890 e. The minimum Gasteiger partial charge on any atom is -0.393 e. The summed E-state index contributed by atoms with van der Waals surface area (Å²) in [4.78, 5) is 5.04. The number of hydrogen-bond acceptors (Lipinski definition) is 4. The molecule has 0 spiro atoms. The highest BCUT2D eigenvalue weighted by Crippen LogP contribution is 2.29. The normalized spacial score (nSPS) is 23.4. The third kappa shape index (κ3) is 3.76. The molecule has 4 heteroatoms. The zero-order valence-corrected chi connectivity index (χ0v) is 13.6. The van der Waals surface area contributed by atoms with Crippen molar-refractivity contribution in [1.29, 1.82) is 0 Å². The maximum absolute atomic E-state index is 10.2. The highest BCUT2D eigenvalue weighted by atomic mass is 32.1. The molecule has 2 aromatic rings. The smallest absolute Gasteiger partial charge is 0.0890 e. The number of hydrogen-bond donors (Lipinski definition) is 2. The van der Waals surface area contributed by atoms with Crippen LogP contribution in [0.3, 0.4) is 0 Å². The van der Waals surface area contributed by atoms with Crippen molar-refractivity contribution in [2.75, 3.05) is 19.7 Å². The molecule has 1 atom stereocenters. The first kappa shape index (κ1) is 15.7. The molecule has 1 aromatic carbocycles. The highest BCUT2D eigenvalue weighted by molar-refractivity contribution is 7.15. The molecular weight excluding hydrogens is 294 g/mol.